The van der Waals surface area contributed by atoms with Crippen molar-refractivity contribution in [1.29, 1.82) is 5.26 Å². The van der Waals surface area contributed by atoms with Crippen LogP contribution in [0.25, 0.3) is 0 Å². The van der Waals surface area contributed by atoms with Crippen LogP contribution in [0.5, 0.6) is 0 Å². The molecule has 1 unspecified atom stereocenters. The van der Waals surface area contributed by atoms with Crippen molar-refractivity contribution in [2.45, 2.75) is 31.7 Å². The predicted molar refractivity (Wildman–Crippen MR) is 67.9 cm³/mol. The second kappa shape index (κ2) is 4.73. The highest BCUT2D eigenvalue weighted by atomic mass is 79.9. The van der Waals surface area contributed by atoms with Gasteiger partial charge in [-0.2, -0.15) is 10.4 Å². The van der Waals surface area contributed by atoms with E-state index in [0.29, 0.717) is 16.7 Å². The number of aromatic nitrogens is 2. The molecule has 0 bridgehead atoms. The first kappa shape index (κ1) is 13.1. The Morgan fingerprint density at radius 2 is 2.44 bits per heavy atom. The minimum atomic E-state index is -0.741. The molecule has 0 aliphatic heterocycles. The van der Waals surface area contributed by atoms with Crippen molar-refractivity contribution >= 4 is 21.9 Å². The van der Waals surface area contributed by atoms with Crippen LogP contribution in [0.3, 0.4) is 0 Å². The van der Waals surface area contributed by atoms with E-state index >= 15 is 0 Å². The highest BCUT2D eigenvalue weighted by molar-refractivity contribution is 9.10. The maximum Gasteiger partial charge on any atom is 0.356 e. The largest absolute Gasteiger partial charge is 0.464 e. The number of carbonyl (C=O) groups is 1. The molecule has 1 aromatic rings. The fraction of sp³-hybridized carbons (Fsp3) is 0.583. The second-order valence-electron chi connectivity index (χ2n) is 4.42. The number of hydrogen-bond acceptors (Lipinski definition) is 4. The van der Waals surface area contributed by atoms with Gasteiger partial charge in [-0.05, 0) is 41.1 Å². The van der Waals surface area contributed by atoms with Gasteiger partial charge in [-0.25, -0.2) is 9.48 Å². The van der Waals surface area contributed by atoms with Crippen molar-refractivity contribution < 1.29 is 9.53 Å². The maximum absolute atomic E-state index is 11.8. The van der Waals surface area contributed by atoms with E-state index in [1.165, 1.54) is 11.8 Å². The summed E-state index contributed by atoms with van der Waals surface area (Å²) in [6, 6.07) is 3.94. The number of carbonyl (C=O) groups excluding carboxylic acids is 1. The molecule has 0 spiro atoms. The van der Waals surface area contributed by atoms with Crippen molar-refractivity contribution in [3.8, 4) is 6.07 Å². The number of methoxy groups -OCH3 is 1. The Morgan fingerprint density at radius 1 is 1.78 bits per heavy atom. The number of ether oxygens (including phenoxy) is 1. The summed E-state index contributed by atoms with van der Waals surface area (Å²) < 4.78 is 6.81. The third-order valence-corrected chi connectivity index (χ3v) is 3.82. The van der Waals surface area contributed by atoms with Crippen LogP contribution in [0.2, 0.25) is 0 Å². The Hall–Kier alpha value is -1.35. The lowest BCUT2D eigenvalue weighted by atomic mass is 9.91. The van der Waals surface area contributed by atoms with Crippen molar-refractivity contribution in [3.05, 3.63) is 16.4 Å². The molecule has 0 N–H and O–H groups in total. The number of esters is 1. The summed E-state index contributed by atoms with van der Waals surface area (Å²) in [5, 5.41) is 13.8. The van der Waals surface area contributed by atoms with Gasteiger partial charge in [-0.3, -0.25) is 0 Å². The Kier molecular flexibility index (Phi) is 3.44. The third-order valence-electron chi connectivity index (χ3n) is 3.44. The van der Waals surface area contributed by atoms with Gasteiger partial charge in [0.2, 0.25) is 0 Å². The maximum atomic E-state index is 11.8. The van der Waals surface area contributed by atoms with Crippen LogP contribution in [0.1, 0.15) is 36.7 Å². The molecule has 1 atom stereocenters. The summed E-state index contributed by atoms with van der Waals surface area (Å²) >= 11 is 3.25. The lowest BCUT2D eigenvalue weighted by Crippen LogP contribution is -2.37. The summed E-state index contributed by atoms with van der Waals surface area (Å²) in [6.07, 6.45) is 2.62. The van der Waals surface area contributed by atoms with Gasteiger partial charge in [0.25, 0.3) is 0 Å². The molecule has 0 amide bonds. The van der Waals surface area contributed by atoms with Crippen molar-refractivity contribution in [2.24, 2.45) is 5.92 Å². The average molecular weight is 312 g/mol. The fourth-order valence-electron chi connectivity index (χ4n) is 2.30. The molecule has 1 aliphatic carbocycles. The van der Waals surface area contributed by atoms with Crippen LogP contribution >= 0.6 is 15.9 Å². The molecule has 0 saturated heterocycles. The molecule has 5 nitrogen and oxygen atoms in total. The topological polar surface area (TPSA) is 67.9 Å². The summed E-state index contributed by atoms with van der Waals surface area (Å²) in [5.74, 6) is -0.204. The van der Waals surface area contributed by atoms with Crippen molar-refractivity contribution in [2.75, 3.05) is 7.11 Å². The van der Waals surface area contributed by atoms with E-state index < -0.39 is 11.5 Å². The first-order valence-corrected chi connectivity index (χ1v) is 6.64. The van der Waals surface area contributed by atoms with Gasteiger partial charge in [-0.1, -0.05) is 6.92 Å². The highest BCUT2D eigenvalue weighted by Crippen LogP contribution is 2.46. The average Bonchev–Trinajstić information content (AvgIpc) is 3.15. The standard InChI is InChI=1S/C12H14BrN3O2/c1-3-12(7-14,8-4-5-8)16-9(11(17)18-2)6-10(13)15-16/h6,8H,3-5H2,1-2H3. The van der Waals surface area contributed by atoms with Gasteiger partial charge < -0.3 is 4.74 Å². The van der Waals surface area contributed by atoms with Crippen LogP contribution < -0.4 is 0 Å². The first-order valence-electron chi connectivity index (χ1n) is 5.84. The van der Waals surface area contributed by atoms with E-state index in [-0.39, 0.29) is 5.92 Å². The van der Waals surface area contributed by atoms with Gasteiger partial charge in [0, 0.05) is 6.07 Å². The monoisotopic (exact) mass is 311 g/mol. The molecule has 1 aliphatic rings. The van der Waals surface area contributed by atoms with Crippen LogP contribution in [0.15, 0.2) is 10.7 Å². The van der Waals surface area contributed by atoms with E-state index in [2.05, 4.69) is 27.1 Å². The van der Waals surface area contributed by atoms with Gasteiger partial charge in [0.05, 0.1) is 13.2 Å². The Morgan fingerprint density at radius 3 is 2.89 bits per heavy atom. The van der Waals surface area contributed by atoms with Crippen molar-refractivity contribution in [1.82, 2.24) is 9.78 Å². The van der Waals surface area contributed by atoms with Gasteiger partial charge in [0.1, 0.15) is 10.3 Å². The lowest BCUT2D eigenvalue weighted by Gasteiger charge is -2.27. The smallest absolute Gasteiger partial charge is 0.356 e. The summed E-state index contributed by atoms with van der Waals surface area (Å²) in [5.41, 5.74) is -0.421. The number of nitriles is 1. The molecule has 6 heteroatoms. The van der Waals surface area contributed by atoms with Crippen LogP contribution in [0, 0.1) is 17.2 Å². The molecule has 1 saturated carbocycles. The fourth-order valence-corrected chi connectivity index (χ4v) is 2.67. The summed E-state index contributed by atoms with van der Waals surface area (Å²) in [6.45, 7) is 1.94. The number of rotatable bonds is 4. The lowest BCUT2D eigenvalue weighted by molar-refractivity contribution is 0.0576. The van der Waals surface area contributed by atoms with E-state index in [1.807, 2.05) is 6.92 Å². The van der Waals surface area contributed by atoms with E-state index in [9.17, 15) is 10.1 Å². The molecule has 1 aromatic heterocycles. The quantitative estimate of drug-likeness (QED) is 0.801. The number of hydrogen-bond donors (Lipinski definition) is 0. The first-order chi connectivity index (χ1) is 8.58. The normalized spacial score (nSPS) is 17.9. The van der Waals surface area contributed by atoms with Crippen molar-refractivity contribution in [3.63, 3.8) is 0 Å². The molecule has 1 fully saturated rings. The Bertz CT molecular complexity index is 516. The van der Waals surface area contributed by atoms with Gasteiger partial charge >= 0.3 is 5.97 Å². The zero-order valence-corrected chi connectivity index (χ0v) is 11.9. The summed E-state index contributed by atoms with van der Waals surface area (Å²) in [4.78, 5) is 11.8. The molecule has 0 aromatic carbocycles. The molecule has 0 radical (unpaired) electrons. The predicted octanol–water partition coefficient (Wildman–Crippen LogP) is 2.47. The number of nitrogens with zero attached hydrogens (tertiary/aromatic N) is 3. The van der Waals surface area contributed by atoms with Gasteiger partial charge in [0.15, 0.2) is 5.54 Å². The molecular weight excluding hydrogens is 298 g/mol. The molecule has 96 valence electrons. The van der Waals surface area contributed by atoms with E-state index in [4.69, 9.17) is 4.74 Å². The minimum absolute atomic E-state index is 0.266. The van der Waals surface area contributed by atoms with E-state index in [0.717, 1.165) is 12.8 Å². The second-order valence-corrected chi connectivity index (χ2v) is 5.23. The van der Waals surface area contributed by atoms with E-state index in [1.54, 1.807) is 6.07 Å². The molecule has 1 heterocycles. The molecule has 18 heavy (non-hydrogen) atoms. The molecular formula is C12H14BrN3O2. The summed E-state index contributed by atoms with van der Waals surface area (Å²) in [7, 11) is 1.32. The highest BCUT2D eigenvalue weighted by Gasteiger charge is 2.48. The van der Waals surface area contributed by atoms with Gasteiger partial charge in [-0.15, -0.1) is 0 Å². The SMILES string of the molecule is CCC(C#N)(C1CC1)n1nc(Br)cc1C(=O)OC. The molecule has 2 rings (SSSR count). The third kappa shape index (κ3) is 1.93. The van der Waals surface area contributed by atoms with Crippen LogP contribution in [-0.2, 0) is 10.3 Å². The van der Waals surface area contributed by atoms with Crippen LogP contribution in [-0.4, -0.2) is 22.9 Å². The zero-order chi connectivity index (χ0) is 13.3. The number of halogens is 1. The zero-order valence-electron chi connectivity index (χ0n) is 10.3. The minimum Gasteiger partial charge on any atom is -0.464 e. The Balaban J connectivity index is 2.55. The Labute approximate surface area is 114 Å². The van der Waals surface area contributed by atoms with Crippen LogP contribution in [0.4, 0.5) is 0 Å².